The van der Waals surface area contributed by atoms with Crippen molar-refractivity contribution in [1.82, 2.24) is 0 Å². The number of hydrogen-bond acceptors (Lipinski definition) is 4. The monoisotopic (exact) mass is 271 g/mol. The van der Waals surface area contributed by atoms with Crippen LogP contribution in [-0.4, -0.2) is 19.1 Å². The molecule has 0 saturated carbocycles. The van der Waals surface area contributed by atoms with Gasteiger partial charge in [0, 0.05) is 12.1 Å². The number of nitro groups is 1. The van der Waals surface area contributed by atoms with Gasteiger partial charge in [0.05, 0.1) is 15.6 Å². The molecule has 1 aromatic rings. The van der Waals surface area contributed by atoms with Gasteiger partial charge in [-0.2, -0.15) is 0 Å². The van der Waals surface area contributed by atoms with Crippen LogP contribution in [0, 0.1) is 16.0 Å². The summed E-state index contributed by atoms with van der Waals surface area (Å²) in [5.74, 6) is 0.556. The summed E-state index contributed by atoms with van der Waals surface area (Å²) in [6.07, 6.45) is 1.46. The molecule has 18 heavy (non-hydrogen) atoms. The fourth-order valence-corrected chi connectivity index (χ4v) is 2.91. The highest BCUT2D eigenvalue weighted by molar-refractivity contribution is 7.91. The molecule has 0 amide bonds. The molecule has 0 aliphatic rings. The smallest absolute Gasteiger partial charge is 0.258 e. The molecule has 0 radical (unpaired) electrons. The maximum atomic E-state index is 11.9. The first-order valence-corrected chi connectivity index (χ1v) is 7.45. The molecule has 100 valence electrons. The summed E-state index contributed by atoms with van der Waals surface area (Å²) in [5, 5.41) is 10.5. The molecule has 0 atom stereocenters. The van der Waals surface area contributed by atoms with Crippen molar-refractivity contribution in [2.45, 2.75) is 31.6 Å². The van der Waals surface area contributed by atoms with Crippen LogP contribution in [0.15, 0.2) is 29.2 Å². The normalized spacial score (nSPS) is 11.7. The Morgan fingerprint density at radius 2 is 1.78 bits per heavy atom. The van der Waals surface area contributed by atoms with Gasteiger partial charge in [0.1, 0.15) is 0 Å². The lowest BCUT2D eigenvalue weighted by Gasteiger charge is -2.06. The second kappa shape index (κ2) is 5.95. The second-order valence-electron chi connectivity index (χ2n) is 4.61. The lowest BCUT2D eigenvalue weighted by molar-refractivity contribution is -0.384. The largest absolute Gasteiger partial charge is 0.269 e. The lowest BCUT2D eigenvalue weighted by atomic mass is 10.1. The van der Waals surface area contributed by atoms with E-state index in [1.165, 1.54) is 24.3 Å². The van der Waals surface area contributed by atoms with Gasteiger partial charge in [-0.25, -0.2) is 8.42 Å². The van der Waals surface area contributed by atoms with Gasteiger partial charge in [-0.05, 0) is 30.9 Å². The van der Waals surface area contributed by atoms with Crippen molar-refractivity contribution < 1.29 is 13.3 Å². The number of sulfone groups is 1. The predicted molar refractivity (Wildman–Crippen MR) is 69.2 cm³/mol. The Morgan fingerprint density at radius 3 is 2.22 bits per heavy atom. The Balaban J connectivity index is 2.76. The first-order valence-electron chi connectivity index (χ1n) is 5.80. The molecule has 6 heteroatoms. The van der Waals surface area contributed by atoms with E-state index in [1.54, 1.807) is 0 Å². The summed E-state index contributed by atoms with van der Waals surface area (Å²) in [5.41, 5.74) is -0.101. The number of non-ortho nitro benzene ring substituents is 1. The van der Waals surface area contributed by atoms with E-state index in [1.807, 2.05) is 13.8 Å². The molecule has 0 aliphatic carbocycles. The number of hydrogen-bond donors (Lipinski definition) is 0. The third-order valence-electron chi connectivity index (χ3n) is 2.60. The Hall–Kier alpha value is -1.43. The molecule has 0 saturated heterocycles. The van der Waals surface area contributed by atoms with Crippen molar-refractivity contribution in [3.8, 4) is 0 Å². The zero-order valence-corrected chi connectivity index (χ0v) is 11.3. The van der Waals surface area contributed by atoms with E-state index in [0.717, 1.165) is 6.42 Å². The van der Waals surface area contributed by atoms with Crippen LogP contribution in [0.3, 0.4) is 0 Å². The third kappa shape index (κ3) is 4.10. The van der Waals surface area contributed by atoms with Crippen molar-refractivity contribution in [2.75, 3.05) is 5.75 Å². The number of rotatable bonds is 6. The van der Waals surface area contributed by atoms with Crippen molar-refractivity contribution in [3.63, 3.8) is 0 Å². The van der Waals surface area contributed by atoms with E-state index >= 15 is 0 Å². The van der Waals surface area contributed by atoms with Gasteiger partial charge in [-0.3, -0.25) is 10.1 Å². The highest BCUT2D eigenvalue weighted by Gasteiger charge is 2.15. The van der Waals surface area contributed by atoms with Crippen LogP contribution in [0.25, 0.3) is 0 Å². The highest BCUT2D eigenvalue weighted by Crippen LogP contribution is 2.18. The van der Waals surface area contributed by atoms with E-state index in [4.69, 9.17) is 0 Å². The molecule has 0 fully saturated rings. The maximum Gasteiger partial charge on any atom is 0.269 e. The summed E-state index contributed by atoms with van der Waals surface area (Å²) < 4.78 is 23.8. The van der Waals surface area contributed by atoms with Crippen LogP contribution in [0.1, 0.15) is 26.7 Å². The van der Waals surface area contributed by atoms with Crippen LogP contribution in [-0.2, 0) is 9.84 Å². The Morgan fingerprint density at radius 1 is 1.22 bits per heavy atom. The van der Waals surface area contributed by atoms with Gasteiger partial charge < -0.3 is 0 Å². The average molecular weight is 271 g/mol. The minimum Gasteiger partial charge on any atom is -0.258 e. The topological polar surface area (TPSA) is 77.3 Å². The molecule has 0 heterocycles. The molecule has 0 N–H and O–H groups in total. The van der Waals surface area contributed by atoms with E-state index in [-0.39, 0.29) is 16.3 Å². The molecular weight excluding hydrogens is 254 g/mol. The molecule has 0 aliphatic heterocycles. The van der Waals surface area contributed by atoms with Gasteiger partial charge in [0.15, 0.2) is 9.84 Å². The standard InChI is InChI=1S/C12H17NO4S/c1-10(2)4-3-9-18(16,17)12-7-5-11(6-8-12)13(14)15/h5-8,10H,3-4,9H2,1-2H3. The van der Waals surface area contributed by atoms with Crippen molar-refractivity contribution in [1.29, 1.82) is 0 Å². The zero-order valence-electron chi connectivity index (χ0n) is 10.5. The SMILES string of the molecule is CC(C)CCCS(=O)(=O)c1ccc([N+](=O)[O-])cc1. The summed E-state index contributed by atoms with van der Waals surface area (Å²) in [7, 11) is -3.32. The Labute approximate surface area is 107 Å². The molecule has 0 spiro atoms. The average Bonchev–Trinajstić information content (AvgIpc) is 2.28. The quantitative estimate of drug-likeness (QED) is 0.588. The van der Waals surface area contributed by atoms with Crippen LogP contribution >= 0.6 is 0 Å². The summed E-state index contributed by atoms with van der Waals surface area (Å²) in [6, 6.07) is 5.02. The van der Waals surface area contributed by atoms with E-state index < -0.39 is 14.8 Å². The van der Waals surface area contributed by atoms with Crippen molar-refractivity contribution >= 4 is 15.5 Å². The predicted octanol–water partition coefficient (Wildman–Crippen LogP) is 2.80. The zero-order chi connectivity index (χ0) is 13.8. The van der Waals surface area contributed by atoms with Crippen LogP contribution < -0.4 is 0 Å². The fourth-order valence-electron chi connectivity index (χ4n) is 1.57. The molecule has 1 aromatic carbocycles. The molecule has 1 rings (SSSR count). The molecule has 0 unspecified atom stereocenters. The minimum absolute atomic E-state index is 0.0863. The summed E-state index contributed by atoms with van der Waals surface area (Å²) in [4.78, 5) is 10.1. The highest BCUT2D eigenvalue weighted by atomic mass is 32.2. The van der Waals surface area contributed by atoms with Gasteiger partial charge in [0.25, 0.3) is 5.69 Å². The number of benzene rings is 1. The molecule has 0 bridgehead atoms. The third-order valence-corrected chi connectivity index (χ3v) is 4.42. The first-order chi connectivity index (χ1) is 8.33. The minimum atomic E-state index is -3.32. The Bertz CT molecular complexity index is 505. The Kier molecular flexibility index (Phi) is 4.84. The van der Waals surface area contributed by atoms with Gasteiger partial charge >= 0.3 is 0 Å². The van der Waals surface area contributed by atoms with Gasteiger partial charge in [-0.15, -0.1) is 0 Å². The number of nitrogens with zero attached hydrogens (tertiary/aromatic N) is 1. The van der Waals surface area contributed by atoms with Gasteiger partial charge in [0.2, 0.25) is 0 Å². The summed E-state index contributed by atoms with van der Waals surface area (Å²) >= 11 is 0. The first kappa shape index (κ1) is 14.6. The fraction of sp³-hybridized carbons (Fsp3) is 0.500. The summed E-state index contributed by atoms with van der Waals surface area (Å²) in [6.45, 7) is 4.08. The molecular formula is C12H17NO4S. The van der Waals surface area contributed by atoms with E-state index in [9.17, 15) is 18.5 Å². The van der Waals surface area contributed by atoms with E-state index in [2.05, 4.69) is 0 Å². The lowest BCUT2D eigenvalue weighted by Crippen LogP contribution is -2.07. The number of nitro benzene ring substituents is 1. The second-order valence-corrected chi connectivity index (χ2v) is 6.72. The molecule has 5 nitrogen and oxygen atoms in total. The van der Waals surface area contributed by atoms with Crippen molar-refractivity contribution in [2.24, 2.45) is 5.92 Å². The van der Waals surface area contributed by atoms with E-state index in [0.29, 0.717) is 12.3 Å². The maximum absolute atomic E-state index is 11.9. The van der Waals surface area contributed by atoms with Gasteiger partial charge in [-0.1, -0.05) is 13.8 Å². The van der Waals surface area contributed by atoms with Crippen molar-refractivity contribution in [3.05, 3.63) is 34.4 Å². The van der Waals surface area contributed by atoms with Crippen LogP contribution in [0.4, 0.5) is 5.69 Å². The van der Waals surface area contributed by atoms with Crippen LogP contribution in [0.5, 0.6) is 0 Å². The van der Waals surface area contributed by atoms with Crippen LogP contribution in [0.2, 0.25) is 0 Å². The molecule has 0 aromatic heterocycles.